The predicted octanol–water partition coefficient (Wildman–Crippen LogP) is 5.07. The van der Waals surface area contributed by atoms with Gasteiger partial charge in [-0.05, 0) is 18.2 Å². The number of nitrogens with one attached hydrogen (secondary N) is 1. The molecule has 3 rings (SSSR count). The van der Waals surface area contributed by atoms with Crippen LogP contribution in [0.15, 0.2) is 88.1 Å². The SMILES string of the molecule is COc1cc([N+](=O)[O-])ccc1N=N/C(=N/Nc1ccc([N+](=O)[O-])cc1)c1ccccc1. The third kappa shape index (κ3) is 5.44. The number of hydrogen-bond acceptors (Lipinski definition) is 8. The molecular formula is C20H16N6O5. The summed E-state index contributed by atoms with van der Waals surface area (Å²) in [6.45, 7) is 0. The minimum Gasteiger partial charge on any atom is -0.494 e. The fraction of sp³-hybridized carbons (Fsp3) is 0.0500. The Balaban J connectivity index is 1.90. The molecule has 0 aromatic heterocycles. The van der Waals surface area contributed by atoms with Crippen LogP contribution >= 0.6 is 0 Å². The van der Waals surface area contributed by atoms with Crippen LogP contribution in [0.2, 0.25) is 0 Å². The number of azo groups is 1. The van der Waals surface area contributed by atoms with Crippen molar-refractivity contribution < 1.29 is 14.6 Å². The number of hydrogen-bond donors (Lipinski definition) is 1. The van der Waals surface area contributed by atoms with E-state index in [0.29, 0.717) is 11.3 Å². The van der Waals surface area contributed by atoms with Crippen LogP contribution in [0.4, 0.5) is 22.7 Å². The normalized spacial score (nSPS) is 11.3. The zero-order chi connectivity index (χ0) is 22.2. The van der Waals surface area contributed by atoms with Gasteiger partial charge in [-0.3, -0.25) is 25.7 Å². The zero-order valence-corrected chi connectivity index (χ0v) is 16.2. The van der Waals surface area contributed by atoms with Gasteiger partial charge in [0.1, 0.15) is 5.69 Å². The lowest BCUT2D eigenvalue weighted by Gasteiger charge is -2.05. The summed E-state index contributed by atoms with van der Waals surface area (Å²) in [6, 6.07) is 18.7. The summed E-state index contributed by atoms with van der Waals surface area (Å²) in [4.78, 5) is 20.7. The smallest absolute Gasteiger partial charge is 0.273 e. The summed E-state index contributed by atoms with van der Waals surface area (Å²) in [5.74, 6) is 0.410. The predicted molar refractivity (Wildman–Crippen MR) is 114 cm³/mol. The third-order valence-corrected chi connectivity index (χ3v) is 4.03. The van der Waals surface area contributed by atoms with Crippen molar-refractivity contribution in [2.24, 2.45) is 15.3 Å². The number of nitro benzene ring substituents is 2. The summed E-state index contributed by atoms with van der Waals surface area (Å²) in [6.07, 6.45) is 0. The van der Waals surface area contributed by atoms with Gasteiger partial charge in [0, 0.05) is 23.8 Å². The highest BCUT2D eigenvalue weighted by Crippen LogP contribution is 2.31. The fourth-order valence-electron chi connectivity index (χ4n) is 2.47. The van der Waals surface area contributed by atoms with Crippen LogP contribution in [0, 0.1) is 20.2 Å². The van der Waals surface area contributed by atoms with E-state index in [1.165, 1.54) is 49.6 Å². The maximum absolute atomic E-state index is 10.9. The van der Waals surface area contributed by atoms with Crippen LogP contribution in [0.5, 0.6) is 5.75 Å². The number of amidine groups is 1. The van der Waals surface area contributed by atoms with Gasteiger partial charge in [0.05, 0.1) is 28.7 Å². The van der Waals surface area contributed by atoms with Crippen LogP contribution in [0.1, 0.15) is 5.56 Å². The van der Waals surface area contributed by atoms with Crippen LogP contribution < -0.4 is 10.2 Å². The van der Waals surface area contributed by atoms with E-state index in [1.54, 1.807) is 24.3 Å². The van der Waals surface area contributed by atoms with Gasteiger partial charge in [0.15, 0.2) is 5.75 Å². The average Bonchev–Trinajstić information content (AvgIpc) is 2.79. The molecule has 0 atom stereocenters. The van der Waals surface area contributed by atoms with E-state index in [-0.39, 0.29) is 28.6 Å². The lowest BCUT2D eigenvalue weighted by molar-refractivity contribution is -0.385. The molecule has 31 heavy (non-hydrogen) atoms. The lowest BCUT2D eigenvalue weighted by Crippen LogP contribution is -2.01. The van der Waals surface area contributed by atoms with Crippen molar-refractivity contribution in [3.63, 3.8) is 0 Å². The van der Waals surface area contributed by atoms with E-state index >= 15 is 0 Å². The number of methoxy groups -OCH3 is 1. The first-order valence-electron chi connectivity index (χ1n) is 8.85. The minimum absolute atomic E-state index is 0.0391. The molecule has 0 amide bonds. The van der Waals surface area contributed by atoms with Gasteiger partial charge in [0.25, 0.3) is 11.4 Å². The molecule has 3 aromatic rings. The zero-order valence-electron chi connectivity index (χ0n) is 16.2. The van der Waals surface area contributed by atoms with Crippen molar-refractivity contribution in [3.05, 3.63) is 98.6 Å². The standard InChI is InChI=1S/C20H16N6O5/c1-31-19-13-17(26(29)30)11-12-18(19)22-24-20(14-5-3-2-4-6-14)23-21-15-7-9-16(10-8-15)25(27)28/h2-13,21H,1H3/b23-20+,24-22?. The summed E-state index contributed by atoms with van der Waals surface area (Å²) < 4.78 is 5.17. The van der Waals surface area contributed by atoms with Crippen LogP contribution in [0.25, 0.3) is 0 Å². The van der Waals surface area contributed by atoms with E-state index in [9.17, 15) is 20.2 Å². The maximum Gasteiger partial charge on any atom is 0.273 e. The van der Waals surface area contributed by atoms with E-state index in [4.69, 9.17) is 4.74 Å². The van der Waals surface area contributed by atoms with E-state index in [0.717, 1.165) is 0 Å². The quantitative estimate of drug-likeness (QED) is 0.186. The topological polar surface area (TPSA) is 145 Å². The van der Waals surface area contributed by atoms with Crippen LogP contribution in [-0.4, -0.2) is 22.8 Å². The number of anilines is 1. The highest BCUT2D eigenvalue weighted by Gasteiger charge is 2.12. The number of hydrazone groups is 1. The largest absolute Gasteiger partial charge is 0.494 e. The molecule has 156 valence electrons. The number of nitro groups is 2. The summed E-state index contributed by atoms with van der Waals surface area (Å²) in [7, 11) is 1.38. The number of rotatable bonds is 7. The molecule has 0 aliphatic heterocycles. The van der Waals surface area contributed by atoms with Crippen molar-refractivity contribution in [1.29, 1.82) is 0 Å². The fourth-order valence-corrected chi connectivity index (χ4v) is 2.47. The Labute approximate surface area is 176 Å². The monoisotopic (exact) mass is 420 g/mol. The van der Waals surface area contributed by atoms with Crippen molar-refractivity contribution in [2.45, 2.75) is 0 Å². The summed E-state index contributed by atoms with van der Waals surface area (Å²) in [5.41, 5.74) is 4.07. The van der Waals surface area contributed by atoms with Crippen LogP contribution in [-0.2, 0) is 0 Å². The van der Waals surface area contributed by atoms with Crippen molar-refractivity contribution >= 4 is 28.6 Å². The maximum atomic E-state index is 10.9. The number of nitrogens with zero attached hydrogens (tertiary/aromatic N) is 5. The molecule has 3 aromatic carbocycles. The van der Waals surface area contributed by atoms with Gasteiger partial charge in [0.2, 0.25) is 5.84 Å². The van der Waals surface area contributed by atoms with E-state index in [2.05, 4.69) is 20.8 Å². The number of benzene rings is 3. The Morgan fingerprint density at radius 3 is 2.16 bits per heavy atom. The van der Waals surface area contributed by atoms with Gasteiger partial charge in [-0.25, -0.2) is 0 Å². The molecule has 11 heteroatoms. The molecule has 0 saturated heterocycles. The molecule has 0 aliphatic rings. The van der Waals surface area contributed by atoms with Crippen LogP contribution in [0.3, 0.4) is 0 Å². The number of ether oxygens (including phenoxy) is 1. The van der Waals surface area contributed by atoms with Crippen molar-refractivity contribution in [1.82, 2.24) is 0 Å². The van der Waals surface area contributed by atoms with Crippen molar-refractivity contribution in [3.8, 4) is 5.75 Å². The molecule has 0 heterocycles. The third-order valence-electron chi connectivity index (χ3n) is 4.03. The molecule has 0 unspecified atom stereocenters. The molecule has 0 fully saturated rings. The second-order valence-corrected chi connectivity index (χ2v) is 6.03. The molecule has 0 aliphatic carbocycles. The molecular weight excluding hydrogens is 404 g/mol. The Hall–Kier alpha value is -4.67. The Morgan fingerprint density at radius 2 is 1.55 bits per heavy atom. The highest BCUT2D eigenvalue weighted by atomic mass is 16.6. The second kappa shape index (κ2) is 9.69. The first-order valence-corrected chi connectivity index (χ1v) is 8.85. The van der Waals surface area contributed by atoms with E-state index < -0.39 is 9.85 Å². The second-order valence-electron chi connectivity index (χ2n) is 6.03. The van der Waals surface area contributed by atoms with Gasteiger partial charge in [-0.2, -0.15) is 5.10 Å². The molecule has 1 N–H and O–H groups in total. The van der Waals surface area contributed by atoms with Gasteiger partial charge in [-0.15, -0.1) is 10.2 Å². The van der Waals surface area contributed by atoms with E-state index in [1.807, 2.05) is 6.07 Å². The summed E-state index contributed by atoms with van der Waals surface area (Å²) >= 11 is 0. The van der Waals surface area contributed by atoms with Gasteiger partial charge >= 0.3 is 0 Å². The molecule has 11 nitrogen and oxygen atoms in total. The van der Waals surface area contributed by atoms with Gasteiger partial charge < -0.3 is 4.74 Å². The van der Waals surface area contributed by atoms with Gasteiger partial charge in [-0.1, -0.05) is 30.3 Å². The first kappa shape index (κ1) is 21.0. The lowest BCUT2D eigenvalue weighted by atomic mass is 10.2. The molecule has 0 saturated carbocycles. The Kier molecular flexibility index (Phi) is 6.58. The van der Waals surface area contributed by atoms with Crippen molar-refractivity contribution in [2.75, 3.05) is 12.5 Å². The first-order chi connectivity index (χ1) is 15.0. The average molecular weight is 420 g/mol. The molecule has 0 bridgehead atoms. The highest BCUT2D eigenvalue weighted by molar-refractivity contribution is 5.99. The molecule has 0 radical (unpaired) electrons. The Morgan fingerprint density at radius 1 is 0.903 bits per heavy atom. The molecule has 0 spiro atoms. The minimum atomic E-state index is -0.533. The Bertz CT molecular complexity index is 1150. The number of non-ortho nitro benzene ring substituents is 2. The summed E-state index contributed by atoms with van der Waals surface area (Å²) in [5, 5.41) is 34.2.